The number of carbonyl (C=O) groups excluding carboxylic acids is 1. The molecule has 1 heterocycles. The molecular formula is C15H18BrN3O. The Bertz CT molecular complexity index is 543. The van der Waals surface area contributed by atoms with Crippen molar-refractivity contribution in [3.05, 3.63) is 22.3 Å². The Morgan fingerprint density at radius 1 is 1.40 bits per heavy atom. The smallest absolute Gasteiger partial charge is 0.246 e. The third-order valence-corrected chi connectivity index (χ3v) is 4.72. The zero-order valence-corrected chi connectivity index (χ0v) is 13.2. The van der Waals surface area contributed by atoms with Crippen LogP contribution in [0.5, 0.6) is 0 Å². The maximum atomic E-state index is 12.5. The summed E-state index contributed by atoms with van der Waals surface area (Å²) in [4.78, 5) is 16.7. The second kappa shape index (κ2) is 6.36. The molecular weight excluding hydrogens is 318 g/mol. The summed E-state index contributed by atoms with van der Waals surface area (Å²) in [6.07, 6.45) is 7.03. The van der Waals surface area contributed by atoms with Gasteiger partial charge in [0.05, 0.1) is 6.07 Å². The Balaban J connectivity index is 2.16. The van der Waals surface area contributed by atoms with Crippen molar-refractivity contribution in [1.82, 2.24) is 4.98 Å². The highest BCUT2D eigenvalue weighted by atomic mass is 79.9. The number of aromatic nitrogens is 1. The van der Waals surface area contributed by atoms with E-state index in [0.717, 1.165) is 35.7 Å². The van der Waals surface area contributed by atoms with Crippen LogP contribution < -0.4 is 5.32 Å². The van der Waals surface area contributed by atoms with E-state index in [1.807, 2.05) is 13.0 Å². The van der Waals surface area contributed by atoms with Gasteiger partial charge in [0.2, 0.25) is 5.91 Å². The molecule has 0 aromatic carbocycles. The lowest BCUT2D eigenvalue weighted by Gasteiger charge is -2.23. The number of hydrogen-bond donors (Lipinski definition) is 1. The predicted octanol–water partition coefficient (Wildman–Crippen LogP) is 3.96. The number of aryl methyl sites for hydroxylation is 1. The first-order valence-corrected chi connectivity index (χ1v) is 7.71. The number of halogens is 1. The van der Waals surface area contributed by atoms with Crippen molar-refractivity contribution in [3.63, 3.8) is 0 Å². The van der Waals surface area contributed by atoms with Gasteiger partial charge in [-0.25, -0.2) is 4.98 Å². The SMILES string of the molecule is Cc1cc(NC(=O)C2(C#N)CCCCCC2)ncc1Br. The number of nitrogens with zero attached hydrogens (tertiary/aromatic N) is 2. The van der Waals surface area contributed by atoms with Crippen LogP contribution in [0.3, 0.4) is 0 Å². The second-order valence-corrected chi connectivity index (χ2v) is 6.24. The molecule has 0 aliphatic heterocycles. The first kappa shape index (κ1) is 15.0. The summed E-state index contributed by atoms with van der Waals surface area (Å²) in [5.41, 5.74) is 0.112. The van der Waals surface area contributed by atoms with Crippen molar-refractivity contribution < 1.29 is 4.79 Å². The fourth-order valence-electron chi connectivity index (χ4n) is 2.57. The van der Waals surface area contributed by atoms with Gasteiger partial charge in [-0.15, -0.1) is 0 Å². The lowest BCUT2D eigenvalue weighted by molar-refractivity contribution is -0.123. The molecule has 0 unspecified atom stereocenters. The summed E-state index contributed by atoms with van der Waals surface area (Å²) in [6.45, 7) is 1.94. The fourth-order valence-corrected chi connectivity index (χ4v) is 2.78. The Morgan fingerprint density at radius 3 is 2.60 bits per heavy atom. The quantitative estimate of drug-likeness (QED) is 0.832. The van der Waals surface area contributed by atoms with Crippen LogP contribution in [0.4, 0.5) is 5.82 Å². The Kier molecular flexibility index (Phi) is 4.77. The van der Waals surface area contributed by atoms with Crippen LogP contribution in [0.25, 0.3) is 0 Å². The molecule has 2 rings (SSSR count). The van der Waals surface area contributed by atoms with Gasteiger partial charge in [0.25, 0.3) is 0 Å². The molecule has 1 fully saturated rings. The third kappa shape index (κ3) is 3.18. The molecule has 106 valence electrons. The van der Waals surface area contributed by atoms with Gasteiger partial charge in [0.15, 0.2) is 0 Å². The minimum Gasteiger partial charge on any atom is -0.309 e. The van der Waals surface area contributed by atoms with Gasteiger partial charge in [-0.2, -0.15) is 5.26 Å². The highest BCUT2D eigenvalue weighted by Crippen LogP contribution is 2.35. The van der Waals surface area contributed by atoms with Crippen LogP contribution >= 0.6 is 15.9 Å². The summed E-state index contributed by atoms with van der Waals surface area (Å²) in [5.74, 6) is 0.297. The van der Waals surface area contributed by atoms with Crippen molar-refractivity contribution >= 4 is 27.7 Å². The van der Waals surface area contributed by atoms with Crippen molar-refractivity contribution in [1.29, 1.82) is 5.26 Å². The number of nitrogens with one attached hydrogen (secondary N) is 1. The summed E-state index contributed by atoms with van der Waals surface area (Å²) >= 11 is 3.38. The maximum absolute atomic E-state index is 12.5. The average molecular weight is 336 g/mol. The normalized spacial score (nSPS) is 17.9. The third-order valence-electron chi connectivity index (χ3n) is 3.89. The second-order valence-electron chi connectivity index (χ2n) is 5.38. The van der Waals surface area contributed by atoms with Gasteiger partial charge >= 0.3 is 0 Å². The van der Waals surface area contributed by atoms with E-state index in [1.165, 1.54) is 0 Å². The zero-order valence-electron chi connectivity index (χ0n) is 11.6. The molecule has 0 bridgehead atoms. The van der Waals surface area contributed by atoms with Crippen molar-refractivity contribution in [2.45, 2.75) is 45.4 Å². The number of anilines is 1. The zero-order chi connectivity index (χ0) is 14.6. The van der Waals surface area contributed by atoms with E-state index in [0.29, 0.717) is 18.7 Å². The van der Waals surface area contributed by atoms with Gasteiger partial charge in [0.1, 0.15) is 11.2 Å². The number of rotatable bonds is 2. The summed E-state index contributed by atoms with van der Waals surface area (Å²) in [7, 11) is 0. The maximum Gasteiger partial charge on any atom is 0.246 e. The lowest BCUT2D eigenvalue weighted by atomic mass is 9.81. The number of pyridine rings is 1. The van der Waals surface area contributed by atoms with Gasteiger partial charge in [-0.3, -0.25) is 4.79 Å². The molecule has 1 N–H and O–H groups in total. The van der Waals surface area contributed by atoms with E-state index >= 15 is 0 Å². The highest BCUT2D eigenvalue weighted by molar-refractivity contribution is 9.10. The topological polar surface area (TPSA) is 65.8 Å². The number of hydrogen-bond acceptors (Lipinski definition) is 3. The number of carbonyl (C=O) groups is 1. The van der Waals surface area contributed by atoms with Gasteiger partial charge in [-0.1, -0.05) is 25.7 Å². The molecule has 0 radical (unpaired) electrons. The Hall–Kier alpha value is -1.41. The van der Waals surface area contributed by atoms with E-state index in [2.05, 4.69) is 32.3 Å². The molecule has 0 saturated heterocycles. The number of nitriles is 1. The minimum absolute atomic E-state index is 0.212. The summed E-state index contributed by atoms with van der Waals surface area (Å²) in [6, 6.07) is 4.06. The van der Waals surface area contributed by atoms with Crippen LogP contribution in [-0.2, 0) is 4.79 Å². The van der Waals surface area contributed by atoms with Gasteiger partial charge in [-0.05, 0) is 47.3 Å². The predicted molar refractivity (Wildman–Crippen MR) is 81.1 cm³/mol. The first-order valence-electron chi connectivity index (χ1n) is 6.92. The molecule has 20 heavy (non-hydrogen) atoms. The molecule has 5 heteroatoms. The van der Waals surface area contributed by atoms with Crippen LogP contribution in [0.2, 0.25) is 0 Å². The fraction of sp³-hybridized carbons (Fsp3) is 0.533. The molecule has 1 aromatic heterocycles. The van der Waals surface area contributed by atoms with Crippen LogP contribution in [0, 0.1) is 23.7 Å². The van der Waals surface area contributed by atoms with Gasteiger partial charge in [0, 0.05) is 10.7 Å². The van der Waals surface area contributed by atoms with Crippen molar-refractivity contribution in [2.75, 3.05) is 5.32 Å². The highest BCUT2D eigenvalue weighted by Gasteiger charge is 2.39. The first-order chi connectivity index (χ1) is 9.57. The standard InChI is InChI=1S/C15H18BrN3O/c1-11-8-13(18-9-12(11)16)19-14(20)15(10-17)6-4-2-3-5-7-15/h8-9H,2-7H2,1H3,(H,18,19,20). The van der Waals surface area contributed by atoms with E-state index in [1.54, 1.807) is 6.20 Å². The van der Waals surface area contributed by atoms with Crippen LogP contribution in [-0.4, -0.2) is 10.9 Å². The molecule has 1 aliphatic carbocycles. The van der Waals surface area contributed by atoms with E-state index in [9.17, 15) is 10.1 Å². The Labute approximate surface area is 127 Å². The monoisotopic (exact) mass is 335 g/mol. The molecule has 1 saturated carbocycles. The van der Waals surface area contributed by atoms with E-state index in [4.69, 9.17) is 0 Å². The van der Waals surface area contributed by atoms with E-state index in [-0.39, 0.29) is 5.91 Å². The Morgan fingerprint density at radius 2 is 2.05 bits per heavy atom. The van der Waals surface area contributed by atoms with E-state index < -0.39 is 5.41 Å². The largest absolute Gasteiger partial charge is 0.309 e. The lowest BCUT2D eigenvalue weighted by Crippen LogP contribution is -2.34. The summed E-state index contributed by atoms with van der Waals surface area (Å²) < 4.78 is 0.903. The van der Waals surface area contributed by atoms with Crippen molar-refractivity contribution in [2.24, 2.45) is 5.41 Å². The van der Waals surface area contributed by atoms with Crippen LogP contribution in [0.15, 0.2) is 16.7 Å². The molecule has 0 atom stereocenters. The van der Waals surface area contributed by atoms with Gasteiger partial charge < -0.3 is 5.32 Å². The van der Waals surface area contributed by atoms with Crippen molar-refractivity contribution in [3.8, 4) is 6.07 Å². The molecule has 1 aliphatic rings. The molecule has 1 amide bonds. The number of amides is 1. The molecule has 0 spiro atoms. The molecule has 1 aromatic rings. The van der Waals surface area contributed by atoms with Crippen LogP contribution in [0.1, 0.15) is 44.1 Å². The molecule has 4 nitrogen and oxygen atoms in total. The minimum atomic E-state index is -0.890. The average Bonchev–Trinajstić information content (AvgIpc) is 2.69. The summed E-state index contributed by atoms with van der Waals surface area (Å²) in [5, 5.41) is 12.3.